The summed E-state index contributed by atoms with van der Waals surface area (Å²) >= 11 is 6.20. The van der Waals surface area contributed by atoms with Crippen LogP contribution in [0.5, 0.6) is 11.5 Å². The molecule has 1 saturated heterocycles. The lowest BCUT2D eigenvalue weighted by Gasteiger charge is -2.33. The van der Waals surface area contributed by atoms with E-state index in [0.29, 0.717) is 29.0 Å². The van der Waals surface area contributed by atoms with Gasteiger partial charge in [-0.05, 0) is 105 Å². The van der Waals surface area contributed by atoms with E-state index in [1.807, 2.05) is 25.1 Å². The van der Waals surface area contributed by atoms with Crippen molar-refractivity contribution in [1.82, 2.24) is 10.2 Å². The van der Waals surface area contributed by atoms with E-state index in [-0.39, 0.29) is 11.9 Å². The van der Waals surface area contributed by atoms with Crippen LogP contribution in [0.3, 0.4) is 0 Å². The van der Waals surface area contributed by atoms with Gasteiger partial charge in [0, 0.05) is 23.2 Å². The molecule has 0 bridgehead atoms. The van der Waals surface area contributed by atoms with Crippen molar-refractivity contribution in [1.29, 1.82) is 0 Å². The number of rotatable bonds is 6. The Hall–Kier alpha value is -2.50. The summed E-state index contributed by atoms with van der Waals surface area (Å²) in [5.41, 5.74) is 3.97. The van der Waals surface area contributed by atoms with E-state index in [1.165, 1.54) is 24.8 Å². The number of ether oxygens (including phenoxy) is 2. The number of fused-ring (bicyclic) bond motifs is 1. The summed E-state index contributed by atoms with van der Waals surface area (Å²) in [5, 5.41) is 3.93. The van der Waals surface area contributed by atoms with Crippen LogP contribution < -0.4 is 14.8 Å². The minimum absolute atomic E-state index is 0.0146. The fraction of sp³-hybridized carbons (Fsp3) is 0.483. The lowest BCUT2D eigenvalue weighted by molar-refractivity contribution is -0.118. The average molecular weight is 495 g/mol. The third kappa shape index (κ3) is 5.68. The van der Waals surface area contributed by atoms with E-state index in [2.05, 4.69) is 34.5 Å². The van der Waals surface area contributed by atoms with E-state index in [1.54, 1.807) is 7.11 Å². The Bertz CT molecular complexity index is 1090. The van der Waals surface area contributed by atoms with Gasteiger partial charge in [-0.3, -0.25) is 4.79 Å². The van der Waals surface area contributed by atoms with Crippen LogP contribution in [0.25, 0.3) is 6.08 Å². The smallest absolute Gasteiger partial charge is 0.250 e. The van der Waals surface area contributed by atoms with Crippen molar-refractivity contribution in [3.8, 4) is 11.5 Å². The van der Waals surface area contributed by atoms with Gasteiger partial charge in [0.1, 0.15) is 18.1 Å². The topological polar surface area (TPSA) is 50.8 Å². The fourth-order valence-electron chi connectivity index (χ4n) is 5.91. The second-order valence-corrected chi connectivity index (χ2v) is 10.7. The fourth-order valence-corrected chi connectivity index (χ4v) is 6.19. The highest BCUT2D eigenvalue weighted by atomic mass is 35.5. The quantitative estimate of drug-likeness (QED) is 0.568. The summed E-state index contributed by atoms with van der Waals surface area (Å²) in [6, 6.07) is 12.6. The lowest BCUT2D eigenvalue weighted by Crippen LogP contribution is -2.38. The summed E-state index contributed by atoms with van der Waals surface area (Å²) < 4.78 is 11.2. The number of piperidine rings is 1. The Morgan fingerprint density at radius 1 is 1.14 bits per heavy atom. The highest BCUT2D eigenvalue weighted by molar-refractivity contribution is 6.30. The van der Waals surface area contributed by atoms with Crippen LogP contribution in [0.4, 0.5) is 0 Å². The number of aryl methyl sites for hydroxylation is 1. The molecule has 1 saturated carbocycles. The molecule has 2 aliphatic heterocycles. The molecule has 2 fully saturated rings. The molecule has 35 heavy (non-hydrogen) atoms. The van der Waals surface area contributed by atoms with Crippen molar-refractivity contribution >= 4 is 23.6 Å². The van der Waals surface area contributed by atoms with Crippen LogP contribution in [0, 0.1) is 12.8 Å². The van der Waals surface area contributed by atoms with Gasteiger partial charge in [-0.1, -0.05) is 23.7 Å². The van der Waals surface area contributed by atoms with Gasteiger partial charge in [0.15, 0.2) is 0 Å². The zero-order valence-electron chi connectivity index (χ0n) is 20.7. The summed E-state index contributed by atoms with van der Waals surface area (Å²) in [4.78, 5) is 15.6. The van der Waals surface area contributed by atoms with Gasteiger partial charge in [0.25, 0.3) is 5.91 Å². The maximum Gasteiger partial charge on any atom is 0.250 e. The number of hydrogen-bond acceptors (Lipinski definition) is 4. The minimum atomic E-state index is -0.0146. The van der Waals surface area contributed by atoms with E-state index in [4.69, 9.17) is 21.1 Å². The monoisotopic (exact) mass is 494 g/mol. The normalized spacial score (nSPS) is 22.8. The van der Waals surface area contributed by atoms with E-state index >= 15 is 0 Å². The SMILES string of the molecule is COc1ccc(C2CCN(C[C@@H]3CC[C@H](NC(=O)C4=Cc5cc(Cl)cc(C)c5OC4)C3)CC2)cc1. The first-order valence-electron chi connectivity index (χ1n) is 12.8. The molecule has 2 aromatic rings. The van der Waals surface area contributed by atoms with E-state index < -0.39 is 0 Å². The Morgan fingerprint density at radius 3 is 2.66 bits per heavy atom. The van der Waals surface area contributed by atoms with E-state index in [0.717, 1.165) is 55.1 Å². The number of carbonyl (C=O) groups is 1. The number of benzene rings is 2. The lowest BCUT2D eigenvalue weighted by atomic mass is 9.89. The summed E-state index contributed by atoms with van der Waals surface area (Å²) in [6.07, 6.45) is 7.62. The molecule has 1 aliphatic carbocycles. The number of nitrogens with zero attached hydrogens (tertiary/aromatic N) is 1. The van der Waals surface area contributed by atoms with Gasteiger partial charge in [0.05, 0.1) is 12.7 Å². The molecule has 1 N–H and O–H groups in total. The number of carbonyl (C=O) groups excluding carboxylic acids is 1. The third-order valence-corrected chi connectivity index (χ3v) is 8.05. The average Bonchev–Trinajstić information content (AvgIpc) is 3.30. The standard InChI is InChI=1S/C29H35ClN2O3/c1-19-13-25(30)16-23-15-24(18-35-28(19)23)29(33)31-26-6-3-20(14-26)17-32-11-9-22(10-12-32)21-4-7-27(34-2)8-5-21/h4-5,7-8,13,15-16,20,22,26H,3,6,9-12,14,17-18H2,1-2H3,(H,31,33)/t20-,26+/m1/s1. The number of methoxy groups -OCH3 is 1. The minimum Gasteiger partial charge on any atom is -0.497 e. The van der Waals surface area contributed by atoms with Gasteiger partial charge < -0.3 is 19.7 Å². The number of nitrogens with one attached hydrogen (secondary N) is 1. The van der Waals surface area contributed by atoms with Crippen LogP contribution in [0.1, 0.15) is 54.7 Å². The number of halogens is 1. The predicted molar refractivity (Wildman–Crippen MR) is 140 cm³/mol. The van der Waals surface area contributed by atoms with Crippen LogP contribution in [-0.2, 0) is 4.79 Å². The molecule has 0 aromatic heterocycles. The molecule has 0 unspecified atom stereocenters. The molecule has 186 valence electrons. The molecule has 2 heterocycles. The molecule has 0 spiro atoms. The zero-order chi connectivity index (χ0) is 24.4. The number of likely N-dealkylation sites (tertiary alicyclic amines) is 1. The van der Waals surface area contributed by atoms with Gasteiger partial charge >= 0.3 is 0 Å². The van der Waals surface area contributed by atoms with E-state index in [9.17, 15) is 4.79 Å². The first-order chi connectivity index (χ1) is 17.0. The van der Waals surface area contributed by atoms with Gasteiger partial charge in [0.2, 0.25) is 0 Å². The molecule has 2 aromatic carbocycles. The molecular weight excluding hydrogens is 460 g/mol. The molecule has 3 aliphatic rings. The molecule has 1 amide bonds. The van der Waals surface area contributed by atoms with Crippen molar-refractivity contribution in [2.45, 2.75) is 51.0 Å². The highest BCUT2D eigenvalue weighted by Crippen LogP contribution is 2.34. The summed E-state index contributed by atoms with van der Waals surface area (Å²) in [7, 11) is 1.71. The van der Waals surface area contributed by atoms with Crippen molar-refractivity contribution in [3.05, 3.63) is 63.7 Å². The van der Waals surface area contributed by atoms with Crippen LogP contribution in [0.2, 0.25) is 5.02 Å². The predicted octanol–water partition coefficient (Wildman–Crippen LogP) is 5.60. The Labute approximate surface area is 213 Å². The molecular formula is C29H35ClN2O3. The van der Waals surface area contributed by atoms with Gasteiger partial charge in [-0.2, -0.15) is 0 Å². The number of hydrogen-bond donors (Lipinski definition) is 1. The number of amides is 1. The highest BCUT2D eigenvalue weighted by Gasteiger charge is 2.30. The van der Waals surface area contributed by atoms with Gasteiger partial charge in [-0.15, -0.1) is 0 Å². The molecule has 6 heteroatoms. The maximum atomic E-state index is 12.9. The Morgan fingerprint density at radius 2 is 1.91 bits per heavy atom. The maximum absolute atomic E-state index is 12.9. The second-order valence-electron chi connectivity index (χ2n) is 10.3. The van der Waals surface area contributed by atoms with Crippen LogP contribution >= 0.6 is 11.6 Å². The molecule has 5 rings (SSSR count). The first kappa shape index (κ1) is 24.2. The van der Waals surface area contributed by atoms with Crippen LogP contribution in [0.15, 0.2) is 42.0 Å². The summed E-state index contributed by atoms with van der Waals surface area (Å²) in [5.74, 6) is 3.02. The van der Waals surface area contributed by atoms with Crippen molar-refractivity contribution in [2.75, 3.05) is 33.4 Å². The molecule has 2 atom stereocenters. The molecule has 5 nitrogen and oxygen atoms in total. The third-order valence-electron chi connectivity index (χ3n) is 7.83. The largest absolute Gasteiger partial charge is 0.497 e. The van der Waals surface area contributed by atoms with Crippen molar-refractivity contribution < 1.29 is 14.3 Å². The summed E-state index contributed by atoms with van der Waals surface area (Å²) in [6.45, 7) is 5.72. The second kappa shape index (κ2) is 10.6. The molecule has 0 radical (unpaired) electrons. The zero-order valence-corrected chi connectivity index (χ0v) is 21.4. The van der Waals surface area contributed by atoms with Gasteiger partial charge in [-0.25, -0.2) is 0 Å². The van der Waals surface area contributed by atoms with Crippen molar-refractivity contribution in [2.24, 2.45) is 5.92 Å². The van der Waals surface area contributed by atoms with Crippen LogP contribution in [-0.4, -0.2) is 50.2 Å². The first-order valence-corrected chi connectivity index (χ1v) is 13.2. The Kier molecular flexibility index (Phi) is 7.35. The van der Waals surface area contributed by atoms with Crippen molar-refractivity contribution in [3.63, 3.8) is 0 Å². The Balaban J connectivity index is 1.09.